The molecule has 0 spiro atoms. The maximum absolute atomic E-state index is 5.89. The second-order valence-electron chi connectivity index (χ2n) is 6.50. The Hall–Kier alpha value is -1.78. The van der Waals surface area contributed by atoms with Crippen LogP contribution in [0.25, 0.3) is 0 Å². The molecule has 3 rings (SSSR count). The van der Waals surface area contributed by atoms with Gasteiger partial charge in [0.1, 0.15) is 36.9 Å². The van der Waals surface area contributed by atoms with Gasteiger partial charge in [0.05, 0.1) is 13.2 Å². The van der Waals surface area contributed by atoms with Crippen molar-refractivity contribution >= 4 is 0 Å². The lowest BCUT2D eigenvalue weighted by atomic mass is 10.0. The molecule has 4 heteroatoms. The number of hydrogen-bond acceptors (Lipinski definition) is 4. The zero-order valence-corrected chi connectivity index (χ0v) is 14.4. The molecule has 2 unspecified atom stereocenters. The van der Waals surface area contributed by atoms with Crippen molar-refractivity contribution in [1.82, 2.24) is 0 Å². The van der Waals surface area contributed by atoms with Gasteiger partial charge in [-0.15, -0.1) is 0 Å². The Labute approximate surface area is 144 Å². The van der Waals surface area contributed by atoms with Crippen molar-refractivity contribution in [2.24, 2.45) is 0 Å². The summed E-state index contributed by atoms with van der Waals surface area (Å²) in [5.74, 6) is 2.29. The Morgan fingerprint density at radius 1 is 1.12 bits per heavy atom. The van der Waals surface area contributed by atoms with E-state index in [1.54, 1.807) is 0 Å². The van der Waals surface area contributed by atoms with E-state index in [-0.39, 0.29) is 12.2 Å². The van der Waals surface area contributed by atoms with Gasteiger partial charge in [-0.2, -0.15) is 0 Å². The summed E-state index contributed by atoms with van der Waals surface area (Å²) in [4.78, 5) is 0. The average Bonchev–Trinajstić information content (AvgIpc) is 3.27. The van der Waals surface area contributed by atoms with Crippen molar-refractivity contribution in [2.45, 2.75) is 38.4 Å². The van der Waals surface area contributed by atoms with Gasteiger partial charge in [-0.1, -0.05) is 32.1 Å². The molecule has 0 bridgehead atoms. The first-order valence-corrected chi connectivity index (χ1v) is 8.66. The molecule has 0 radical (unpaired) electrons. The van der Waals surface area contributed by atoms with E-state index in [0.29, 0.717) is 25.7 Å². The third kappa shape index (κ3) is 5.39. The predicted molar refractivity (Wildman–Crippen MR) is 93.3 cm³/mol. The van der Waals surface area contributed by atoms with E-state index in [2.05, 4.69) is 38.1 Å². The van der Waals surface area contributed by atoms with Crippen LogP contribution in [0.5, 0.6) is 5.75 Å². The number of epoxide rings is 1. The lowest BCUT2D eigenvalue weighted by Crippen LogP contribution is -2.28. The smallest absolute Gasteiger partial charge is 0.125 e. The lowest BCUT2D eigenvalue weighted by Gasteiger charge is -2.19. The molecular formula is C20H26O4. The first kappa shape index (κ1) is 17.1. The molecule has 1 aromatic rings. The van der Waals surface area contributed by atoms with Crippen LogP contribution >= 0.6 is 0 Å². The Morgan fingerprint density at radius 2 is 1.88 bits per heavy atom. The largest absolute Gasteiger partial charge is 0.491 e. The summed E-state index contributed by atoms with van der Waals surface area (Å²) < 4.78 is 22.8. The molecule has 0 aromatic heterocycles. The predicted octanol–water partition coefficient (Wildman–Crippen LogP) is 3.83. The highest BCUT2D eigenvalue weighted by Crippen LogP contribution is 2.19. The topological polar surface area (TPSA) is 40.2 Å². The minimum Gasteiger partial charge on any atom is -0.491 e. The van der Waals surface area contributed by atoms with E-state index in [4.69, 9.17) is 18.9 Å². The molecule has 4 nitrogen and oxygen atoms in total. The molecular weight excluding hydrogens is 304 g/mol. The fourth-order valence-electron chi connectivity index (χ4n) is 2.42. The molecule has 1 aliphatic heterocycles. The summed E-state index contributed by atoms with van der Waals surface area (Å²) in [6.45, 7) is 6.70. The van der Waals surface area contributed by atoms with Gasteiger partial charge in [0, 0.05) is 0 Å². The molecule has 1 aliphatic carbocycles. The summed E-state index contributed by atoms with van der Waals surface area (Å²) in [7, 11) is 0. The van der Waals surface area contributed by atoms with Crippen LogP contribution in [-0.4, -0.2) is 38.6 Å². The minimum atomic E-state index is -0.117. The summed E-state index contributed by atoms with van der Waals surface area (Å²) >= 11 is 0. The lowest BCUT2D eigenvalue weighted by molar-refractivity contribution is -0.0255. The molecule has 1 fully saturated rings. The van der Waals surface area contributed by atoms with Gasteiger partial charge in [-0.3, -0.25) is 0 Å². The van der Waals surface area contributed by atoms with E-state index < -0.39 is 0 Å². The van der Waals surface area contributed by atoms with Crippen molar-refractivity contribution in [3.05, 3.63) is 53.8 Å². The first-order chi connectivity index (χ1) is 11.7. The van der Waals surface area contributed by atoms with Crippen LogP contribution in [0.15, 0.2) is 48.3 Å². The standard InChI is InChI=1S/C20H26O4/c1-15(2)16-7-9-18(10-8-16)22-12-19(23-13-20-14-24-20)11-21-17-5-3-4-6-17/h3,5-10,15,19-20H,4,11-14H2,1-2H3. The maximum atomic E-state index is 5.89. The number of benzene rings is 1. The first-order valence-electron chi connectivity index (χ1n) is 8.66. The second kappa shape index (κ2) is 8.36. The van der Waals surface area contributed by atoms with Crippen LogP contribution in [0, 0.1) is 0 Å². The van der Waals surface area contributed by atoms with Gasteiger partial charge in [0.25, 0.3) is 0 Å². The van der Waals surface area contributed by atoms with Crippen LogP contribution in [0.1, 0.15) is 31.7 Å². The maximum Gasteiger partial charge on any atom is 0.125 e. The van der Waals surface area contributed by atoms with Crippen LogP contribution in [0.4, 0.5) is 0 Å². The number of ether oxygens (including phenoxy) is 4. The summed E-state index contributed by atoms with van der Waals surface area (Å²) in [5, 5.41) is 0. The third-order valence-corrected chi connectivity index (χ3v) is 4.08. The van der Waals surface area contributed by atoms with Crippen LogP contribution in [0.3, 0.4) is 0 Å². The zero-order valence-electron chi connectivity index (χ0n) is 14.4. The monoisotopic (exact) mass is 330 g/mol. The molecule has 1 aromatic carbocycles. The number of hydrogen-bond donors (Lipinski definition) is 0. The fourth-order valence-corrected chi connectivity index (χ4v) is 2.42. The average molecular weight is 330 g/mol. The van der Waals surface area contributed by atoms with Gasteiger partial charge >= 0.3 is 0 Å². The quantitative estimate of drug-likeness (QED) is 0.611. The second-order valence-corrected chi connectivity index (χ2v) is 6.50. The van der Waals surface area contributed by atoms with E-state index in [0.717, 1.165) is 24.5 Å². The van der Waals surface area contributed by atoms with Crippen molar-refractivity contribution in [2.75, 3.05) is 26.4 Å². The summed E-state index contributed by atoms with van der Waals surface area (Å²) in [6.07, 6.45) is 7.20. The molecule has 0 N–H and O–H groups in total. The normalized spacial score (nSPS) is 20.1. The molecule has 2 atom stereocenters. The SMILES string of the molecule is CC(C)c1ccc(OCC(COC2=CCC=C2)OCC2CO2)cc1. The third-order valence-electron chi connectivity index (χ3n) is 4.08. The Balaban J connectivity index is 1.48. The highest BCUT2D eigenvalue weighted by atomic mass is 16.6. The van der Waals surface area contributed by atoms with E-state index in [1.807, 2.05) is 18.2 Å². The highest BCUT2D eigenvalue weighted by molar-refractivity contribution is 5.28. The van der Waals surface area contributed by atoms with Gasteiger partial charge in [-0.25, -0.2) is 0 Å². The molecule has 2 aliphatic rings. The minimum absolute atomic E-state index is 0.117. The molecule has 1 heterocycles. The van der Waals surface area contributed by atoms with Crippen LogP contribution in [-0.2, 0) is 14.2 Å². The highest BCUT2D eigenvalue weighted by Gasteiger charge is 2.25. The van der Waals surface area contributed by atoms with Crippen LogP contribution < -0.4 is 4.74 Å². The molecule has 24 heavy (non-hydrogen) atoms. The molecule has 0 amide bonds. The van der Waals surface area contributed by atoms with Gasteiger partial charge in [0.15, 0.2) is 0 Å². The fraction of sp³-hybridized carbons (Fsp3) is 0.500. The van der Waals surface area contributed by atoms with Gasteiger partial charge < -0.3 is 18.9 Å². The van der Waals surface area contributed by atoms with Gasteiger partial charge in [0.2, 0.25) is 0 Å². The zero-order chi connectivity index (χ0) is 16.8. The van der Waals surface area contributed by atoms with E-state index in [1.165, 1.54) is 5.56 Å². The van der Waals surface area contributed by atoms with E-state index >= 15 is 0 Å². The summed E-state index contributed by atoms with van der Waals surface area (Å²) in [6, 6.07) is 8.25. The van der Waals surface area contributed by atoms with Crippen LogP contribution in [0.2, 0.25) is 0 Å². The van der Waals surface area contributed by atoms with E-state index in [9.17, 15) is 0 Å². The van der Waals surface area contributed by atoms with Gasteiger partial charge in [-0.05, 0) is 42.2 Å². The molecule has 1 saturated heterocycles. The Morgan fingerprint density at radius 3 is 2.50 bits per heavy atom. The Kier molecular flexibility index (Phi) is 5.94. The van der Waals surface area contributed by atoms with Crippen molar-refractivity contribution in [1.29, 1.82) is 0 Å². The molecule has 130 valence electrons. The summed E-state index contributed by atoms with van der Waals surface area (Å²) in [5.41, 5.74) is 1.31. The number of rotatable bonds is 10. The molecule has 0 saturated carbocycles. The van der Waals surface area contributed by atoms with Crippen molar-refractivity contribution in [3.8, 4) is 5.75 Å². The Bertz CT molecular complexity index is 570. The number of allylic oxidation sites excluding steroid dienone is 3. The van der Waals surface area contributed by atoms with Crippen molar-refractivity contribution < 1.29 is 18.9 Å². The van der Waals surface area contributed by atoms with Crippen molar-refractivity contribution in [3.63, 3.8) is 0 Å².